The van der Waals surface area contributed by atoms with Gasteiger partial charge in [0.25, 0.3) is 0 Å². The van der Waals surface area contributed by atoms with E-state index in [0.717, 1.165) is 0 Å². The normalized spacial score (nSPS) is 13.2. The van der Waals surface area contributed by atoms with E-state index in [0.29, 0.717) is 0 Å². The summed E-state index contributed by atoms with van der Waals surface area (Å²) < 4.78 is 34.2. The van der Waals surface area contributed by atoms with Gasteiger partial charge >= 0.3 is 6.18 Å². The van der Waals surface area contributed by atoms with Gasteiger partial charge in [-0.3, -0.25) is 0 Å². The first-order valence-electron chi connectivity index (χ1n) is 8.54. The van der Waals surface area contributed by atoms with Crippen LogP contribution in [0, 0.1) is 0 Å². The molecule has 7 heteroatoms. The predicted molar refractivity (Wildman–Crippen MR) is 103 cm³/mol. The van der Waals surface area contributed by atoms with E-state index in [9.17, 15) is 23.1 Å². The molecule has 1 N–H and O–H groups in total. The number of carbonyl (C=O) groups is 1. The Balaban J connectivity index is 0.000000257. The smallest absolute Gasteiger partial charge is 0.422 e. The SMILES string of the molecule is CC(O)(C(=O)[O-])C(F)(F)F.c1ccc([S+](c2ccccc2)c2ccccc2)cc1. The number of carboxylic acids is 1. The van der Waals surface area contributed by atoms with Crippen molar-refractivity contribution in [2.24, 2.45) is 0 Å². The molecule has 0 saturated heterocycles. The quantitative estimate of drug-likeness (QED) is 0.653. The summed E-state index contributed by atoms with van der Waals surface area (Å²) in [5.74, 6) is -2.56. The van der Waals surface area contributed by atoms with Gasteiger partial charge in [0.05, 0.1) is 16.9 Å². The number of hydrogen-bond acceptors (Lipinski definition) is 3. The number of aliphatic hydroxyl groups is 1. The number of alkyl halides is 3. The van der Waals surface area contributed by atoms with Crippen LogP contribution in [-0.4, -0.2) is 22.9 Å². The number of benzene rings is 3. The number of carboxylic acid groups (broad SMARTS) is 1. The van der Waals surface area contributed by atoms with Crippen molar-refractivity contribution in [3.63, 3.8) is 0 Å². The van der Waals surface area contributed by atoms with E-state index in [4.69, 9.17) is 5.11 Å². The average molecular weight is 420 g/mol. The zero-order valence-corrected chi connectivity index (χ0v) is 16.3. The molecule has 0 heterocycles. The fourth-order valence-corrected chi connectivity index (χ4v) is 4.30. The molecule has 29 heavy (non-hydrogen) atoms. The van der Waals surface area contributed by atoms with Crippen molar-refractivity contribution < 1.29 is 28.2 Å². The van der Waals surface area contributed by atoms with Crippen LogP contribution < -0.4 is 5.11 Å². The van der Waals surface area contributed by atoms with E-state index in [2.05, 4.69) is 91.0 Å². The van der Waals surface area contributed by atoms with Crippen molar-refractivity contribution in [3.05, 3.63) is 91.0 Å². The molecule has 0 spiro atoms. The third-order valence-corrected chi connectivity index (χ3v) is 6.12. The summed E-state index contributed by atoms with van der Waals surface area (Å²) in [6.45, 7) is 0.113. The lowest BCUT2D eigenvalue weighted by Gasteiger charge is -2.26. The first-order chi connectivity index (χ1) is 13.6. The Labute approximate surface area is 169 Å². The maximum Gasteiger partial charge on any atom is 0.422 e. The van der Waals surface area contributed by atoms with Gasteiger partial charge in [-0.25, -0.2) is 0 Å². The molecule has 1 atom stereocenters. The molecule has 0 radical (unpaired) electrons. The lowest BCUT2D eigenvalue weighted by molar-refractivity contribution is -0.351. The van der Waals surface area contributed by atoms with Crippen molar-refractivity contribution in [2.45, 2.75) is 33.4 Å². The molecule has 0 aliphatic rings. The Kier molecular flexibility index (Phi) is 7.47. The van der Waals surface area contributed by atoms with Crippen LogP contribution in [0.2, 0.25) is 0 Å². The van der Waals surface area contributed by atoms with E-state index in [1.54, 1.807) is 0 Å². The van der Waals surface area contributed by atoms with E-state index in [-0.39, 0.29) is 17.8 Å². The summed E-state index contributed by atoms with van der Waals surface area (Å²) in [6, 6.07) is 32.2. The number of aliphatic carboxylic acids is 1. The molecule has 0 saturated carbocycles. The third-order valence-electron chi connectivity index (χ3n) is 3.89. The molecule has 3 aromatic carbocycles. The van der Waals surface area contributed by atoms with E-state index >= 15 is 0 Å². The number of halogens is 3. The summed E-state index contributed by atoms with van der Waals surface area (Å²) in [7, 11) is -0.0146. The van der Waals surface area contributed by atoms with Gasteiger partial charge in [-0.2, -0.15) is 13.2 Å². The summed E-state index contributed by atoms with van der Waals surface area (Å²) in [5.41, 5.74) is -3.76. The Morgan fingerprint density at radius 3 is 1.21 bits per heavy atom. The minimum atomic E-state index is -5.19. The molecule has 3 rings (SSSR count). The van der Waals surface area contributed by atoms with Gasteiger partial charge in [-0.1, -0.05) is 54.6 Å². The average Bonchev–Trinajstić information content (AvgIpc) is 2.70. The fourth-order valence-electron chi connectivity index (χ4n) is 2.19. The summed E-state index contributed by atoms with van der Waals surface area (Å²) in [4.78, 5) is 13.7. The van der Waals surface area contributed by atoms with Crippen LogP contribution in [0.25, 0.3) is 0 Å². The van der Waals surface area contributed by atoms with Gasteiger partial charge in [-0.15, -0.1) is 0 Å². The Morgan fingerprint density at radius 1 is 0.759 bits per heavy atom. The minimum absolute atomic E-state index is 0.0146. The predicted octanol–water partition coefficient (Wildman–Crippen LogP) is 3.83. The molecule has 3 nitrogen and oxygen atoms in total. The van der Waals surface area contributed by atoms with Crippen LogP contribution in [0.15, 0.2) is 106 Å². The van der Waals surface area contributed by atoms with Crippen LogP contribution in [0.5, 0.6) is 0 Å². The van der Waals surface area contributed by atoms with Gasteiger partial charge < -0.3 is 15.0 Å². The summed E-state index contributed by atoms with van der Waals surface area (Å²) in [6.07, 6.45) is -5.19. The number of rotatable bonds is 4. The van der Waals surface area contributed by atoms with Gasteiger partial charge in [0.2, 0.25) is 0 Å². The van der Waals surface area contributed by atoms with E-state index in [1.807, 2.05) is 0 Å². The van der Waals surface area contributed by atoms with Crippen molar-refractivity contribution in [1.29, 1.82) is 0 Å². The Bertz CT molecular complexity index is 805. The molecule has 0 aromatic heterocycles. The molecule has 0 aliphatic heterocycles. The summed E-state index contributed by atoms with van der Waals surface area (Å²) in [5, 5.41) is 17.7. The van der Waals surface area contributed by atoms with Gasteiger partial charge in [-0.05, 0) is 43.3 Å². The second-order valence-corrected chi connectivity index (χ2v) is 8.13. The second-order valence-electron chi connectivity index (χ2n) is 6.10. The Hall–Kier alpha value is -2.77. The first-order valence-corrected chi connectivity index (χ1v) is 9.77. The highest BCUT2D eigenvalue weighted by Crippen LogP contribution is 2.30. The zero-order valence-electron chi connectivity index (χ0n) is 15.5. The maximum absolute atomic E-state index is 11.4. The van der Waals surface area contributed by atoms with Crippen molar-refractivity contribution in [1.82, 2.24) is 0 Å². The van der Waals surface area contributed by atoms with Crippen LogP contribution >= 0.6 is 0 Å². The fraction of sp³-hybridized carbons (Fsp3) is 0.136. The third kappa shape index (κ3) is 5.85. The van der Waals surface area contributed by atoms with E-state index in [1.165, 1.54) is 14.7 Å². The van der Waals surface area contributed by atoms with Crippen molar-refractivity contribution in [3.8, 4) is 0 Å². The van der Waals surface area contributed by atoms with Crippen LogP contribution in [0.3, 0.4) is 0 Å². The Morgan fingerprint density at radius 2 is 1.03 bits per heavy atom. The lowest BCUT2D eigenvalue weighted by atomic mass is 10.1. The van der Waals surface area contributed by atoms with Crippen molar-refractivity contribution >= 4 is 16.9 Å². The standard InChI is InChI=1S/C18H15S.C4H5F3O3/c1-4-10-16(11-5-1)19(17-12-6-2-7-13-17)18-14-8-3-9-15-18;1-3(10,2(8)9)4(5,6)7/h1-15H;10H,1H3,(H,8,9)/q+1;/p-1. The molecule has 0 bridgehead atoms. The molecule has 152 valence electrons. The monoisotopic (exact) mass is 420 g/mol. The molecule has 0 amide bonds. The van der Waals surface area contributed by atoms with Gasteiger partial charge in [0.1, 0.15) is 0 Å². The number of carbonyl (C=O) groups excluding carboxylic acids is 1. The minimum Gasteiger partial charge on any atom is -0.547 e. The largest absolute Gasteiger partial charge is 0.547 e. The molecular weight excluding hydrogens is 401 g/mol. The first kappa shape index (κ1) is 22.5. The molecule has 1 unspecified atom stereocenters. The topological polar surface area (TPSA) is 60.4 Å². The van der Waals surface area contributed by atoms with Crippen LogP contribution in [0.1, 0.15) is 6.92 Å². The lowest BCUT2D eigenvalue weighted by Crippen LogP contribution is -2.56. The highest BCUT2D eigenvalue weighted by Gasteiger charge is 2.51. The molecule has 3 aromatic rings. The van der Waals surface area contributed by atoms with Crippen LogP contribution in [-0.2, 0) is 15.7 Å². The number of hydrogen-bond donors (Lipinski definition) is 1. The van der Waals surface area contributed by atoms with Gasteiger partial charge in [0, 0.05) is 0 Å². The van der Waals surface area contributed by atoms with Crippen molar-refractivity contribution in [2.75, 3.05) is 0 Å². The van der Waals surface area contributed by atoms with E-state index < -0.39 is 17.7 Å². The maximum atomic E-state index is 11.4. The highest BCUT2D eigenvalue weighted by molar-refractivity contribution is 7.97. The van der Waals surface area contributed by atoms with Gasteiger partial charge in [0.15, 0.2) is 20.3 Å². The van der Waals surface area contributed by atoms with Crippen LogP contribution in [0.4, 0.5) is 13.2 Å². The molecular formula is C22H19F3O3S. The second kappa shape index (κ2) is 9.62. The highest BCUT2D eigenvalue weighted by atomic mass is 32.2. The summed E-state index contributed by atoms with van der Waals surface area (Å²) >= 11 is 0. The molecule has 0 fully saturated rings. The zero-order chi connectivity index (χ0) is 21.5. The molecule has 0 aliphatic carbocycles.